The first-order valence-corrected chi connectivity index (χ1v) is 8.61. The molecular formula is C13H12BrClN2O3S. The summed E-state index contributed by atoms with van der Waals surface area (Å²) in [6.45, 7) is 1.73. The van der Waals surface area contributed by atoms with Gasteiger partial charge in [-0.05, 0) is 30.7 Å². The van der Waals surface area contributed by atoms with E-state index in [9.17, 15) is 13.2 Å². The summed E-state index contributed by atoms with van der Waals surface area (Å²) in [6.07, 6.45) is 1.12. The molecule has 1 aromatic heterocycles. The number of rotatable bonds is 4. The van der Waals surface area contributed by atoms with Crippen LogP contribution in [0.4, 0.5) is 0 Å². The van der Waals surface area contributed by atoms with Crippen LogP contribution in [0.25, 0.3) is 0 Å². The predicted molar refractivity (Wildman–Crippen MR) is 85.0 cm³/mol. The lowest BCUT2D eigenvalue weighted by Gasteiger charge is -2.14. The van der Waals surface area contributed by atoms with Gasteiger partial charge in [0.05, 0.1) is 4.90 Å². The molecule has 0 spiro atoms. The van der Waals surface area contributed by atoms with Crippen LogP contribution in [-0.2, 0) is 10.0 Å². The molecule has 0 aliphatic heterocycles. The summed E-state index contributed by atoms with van der Waals surface area (Å²) < 4.78 is 27.9. The van der Waals surface area contributed by atoms with E-state index in [1.165, 1.54) is 0 Å². The molecule has 0 unspecified atom stereocenters. The lowest BCUT2D eigenvalue weighted by atomic mass is 10.1. The van der Waals surface area contributed by atoms with E-state index in [4.69, 9.17) is 11.6 Å². The van der Waals surface area contributed by atoms with Crippen molar-refractivity contribution in [2.75, 3.05) is 0 Å². The molecule has 0 saturated carbocycles. The van der Waals surface area contributed by atoms with Gasteiger partial charge in [-0.15, -0.1) is 0 Å². The molecule has 0 aliphatic rings. The maximum atomic E-state index is 12.2. The summed E-state index contributed by atoms with van der Waals surface area (Å²) in [5.41, 5.74) is 0.286. The van der Waals surface area contributed by atoms with Crippen molar-refractivity contribution in [2.45, 2.75) is 17.9 Å². The highest BCUT2D eigenvalue weighted by molar-refractivity contribution is 9.10. The zero-order valence-electron chi connectivity index (χ0n) is 10.9. The molecule has 8 heteroatoms. The minimum absolute atomic E-state index is 0.0870. The number of hydrogen-bond acceptors (Lipinski definition) is 3. The Morgan fingerprint density at radius 2 is 1.90 bits per heavy atom. The zero-order chi connectivity index (χ0) is 15.6. The number of sulfonamides is 1. The Morgan fingerprint density at radius 3 is 2.48 bits per heavy atom. The van der Waals surface area contributed by atoms with Crippen LogP contribution in [0.1, 0.15) is 18.5 Å². The van der Waals surface area contributed by atoms with Gasteiger partial charge in [-0.3, -0.25) is 4.79 Å². The highest BCUT2D eigenvalue weighted by Gasteiger charge is 2.19. The summed E-state index contributed by atoms with van der Waals surface area (Å²) in [5, 5.41) is -0.172. The number of H-pyrrole nitrogens is 1. The number of nitrogens with one attached hydrogen (secondary N) is 2. The van der Waals surface area contributed by atoms with Gasteiger partial charge in [-0.2, -0.15) is 0 Å². The predicted octanol–water partition coefficient (Wildman–Crippen LogP) is 2.83. The fourth-order valence-electron chi connectivity index (χ4n) is 1.71. The second-order valence-electron chi connectivity index (χ2n) is 4.41. The van der Waals surface area contributed by atoms with E-state index < -0.39 is 21.6 Å². The van der Waals surface area contributed by atoms with E-state index >= 15 is 0 Å². The van der Waals surface area contributed by atoms with Crippen LogP contribution in [0.3, 0.4) is 0 Å². The molecule has 0 fully saturated rings. The molecule has 112 valence electrons. The van der Waals surface area contributed by atoms with Gasteiger partial charge in [0.25, 0.3) is 5.56 Å². The molecule has 2 aromatic rings. The van der Waals surface area contributed by atoms with Gasteiger partial charge in [0.2, 0.25) is 10.0 Å². The van der Waals surface area contributed by atoms with Crippen LogP contribution < -0.4 is 10.3 Å². The summed E-state index contributed by atoms with van der Waals surface area (Å²) >= 11 is 8.97. The average molecular weight is 392 g/mol. The quantitative estimate of drug-likeness (QED) is 0.841. The van der Waals surface area contributed by atoms with Crippen LogP contribution in [0.15, 0.2) is 50.7 Å². The highest BCUT2D eigenvalue weighted by atomic mass is 79.9. The van der Waals surface area contributed by atoms with Crippen molar-refractivity contribution in [3.8, 4) is 0 Å². The normalized spacial score (nSPS) is 13.1. The fraction of sp³-hybridized carbons (Fsp3) is 0.154. The van der Waals surface area contributed by atoms with Crippen LogP contribution in [0, 0.1) is 0 Å². The third kappa shape index (κ3) is 3.94. The van der Waals surface area contributed by atoms with E-state index in [1.807, 2.05) is 24.3 Å². The molecule has 21 heavy (non-hydrogen) atoms. The molecule has 0 bridgehead atoms. The highest BCUT2D eigenvalue weighted by Crippen LogP contribution is 2.19. The largest absolute Gasteiger partial charge is 0.326 e. The lowest BCUT2D eigenvalue weighted by molar-refractivity contribution is 0.566. The second kappa shape index (κ2) is 6.31. The topological polar surface area (TPSA) is 79.0 Å². The van der Waals surface area contributed by atoms with Crippen molar-refractivity contribution in [1.82, 2.24) is 9.71 Å². The Morgan fingerprint density at radius 1 is 1.29 bits per heavy atom. The van der Waals surface area contributed by atoms with Crippen LogP contribution in [0.2, 0.25) is 5.02 Å². The smallest absolute Gasteiger partial charge is 0.266 e. The molecule has 1 heterocycles. The molecule has 2 N–H and O–H groups in total. The van der Waals surface area contributed by atoms with E-state index in [-0.39, 0.29) is 9.92 Å². The SMILES string of the molecule is C[C@@H](NS(=O)(=O)c1c[nH]c(=O)c(Cl)c1)c1ccc(Br)cc1. The first-order chi connectivity index (χ1) is 9.79. The molecule has 0 radical (unpaired) electrons. The van der Waals surface area contributed by atoms with Gasteiger partial charge in [-0.1, -0.05) is 39.7 Å². The van der Waals surface area contributed by atoms with Gasteiger partial charge < -0.3 is 4.98 Å². The first-order valence-electron chi connectivity index (χ1n) is 5.95. The molecule has 2 rings (SSSR count). The summed E-state index contributed by atoms with van der Waals surface area (Å²) in [5.74, 6) is 0. The number of halogens is 2. The Kier molecular flexibility index (Phi) is 4.88. The zero-order valence-corrected chi connectivity index (χ0v) is 14.1. The monoisotopic (exact) mass is 390 g/mol. The lowest BCUT2D eigenvalue weighted by Crippen LogP contribution is -2.27. The second-order valence-corrected chi connectivity index (χ2v) is 7.44. The van der Waals surface area contributed by atoms with Crippen molar-refractivity contribution in [2.24, 2.45) is 0 Å². The van der Waals surface area contributed by atoms with Crippen molar-refractivity contribution in [1.29, 1.82) is 0 Å². The third-order valence-electron chi connectivity index (χ3n) is 2.84. The molecule has 1 atom stereocenters. The van der Waals surface area contributed by atoms with Crippen molar-refractivity contribution in [3.63, 3.8) is 0 Å². The van der Waals surface area contributed by atoms with Crippen molar-refractivity contribution in [3.05, 3.63) is 61.9 Å². The number of aromatic amines is 1. The third-order valence-corrected chi connectivity index (χ3v) is 5.17. The summed E-state index contributed by atoms with van der Waals surface area (Å²) in [4.78, 5) is 13.4. The Bertz CT molecular complexity index is 803. The maximum absolute atomic E-state index is 12.2. The van der Waals surface area contributed by atoms with Gasteiger partial charge >= 0.3 is 0 Å². The van der Waals surface area contributed by atoms with Gasteiger partial charge in [0.15, 0.2) is 0 Å². The van der Waals surface area contributed by atoms with Crippen LogP contribution in [0.5, 0.6) is 0 Å². The maximum Gasteiger partial charge on any atom is 0.266 e. The fourth-order valence-corrected chi connectivity index (χ4v) is 3.44. The first kappa shape index (κ1) is 16.2. The standard InChI is InChI=1S/C13H12BrClN2O3S/c1-8(9-2-4-10(14)5-3-9)17-21(19,20)11-6-12(15)13(18)16-7-11/h2-8,17H,1H3,(H,16,18)/t8-/m1/s1. The Hall–Kier alpha value is -1.15. The van der Waals surface area contributed by atoms with Crippen molar-refractivity contribution < 1.29 is 8.42 Å². The summed E-state index contributed by atoms with van der Waals surface area (Å²) in [6, 6.07) is 7.99. The van der Waals surface area contributed by atoms with Crippen molar-refractivity contribution >= 4 is 37.6 Å². The van der Waals surface area contributed by atoms with E-state index in [1.54, 1.807) is 6.92 Å². The number of pyridine rings is 1. The number of hydrogen-bond donors (Lipinski definition) is 2. The van der Waals surface area contributed by atoms with Gasteiger partial charge in [0, 0.05) is 16.7 Å². The Labute approximate surface area is 135 Å². The van der Waals surface area contributed by atoms with E-state index in [0.29, 0.717) is 0 Å². The van der Waals surface area contributed by atoms with Crippen LogP contribution >= 0.6 is 27.5 Å². The number of aromatic nitrogens is 1. The average Bonchev–Trinajstić information content (AvgIpc) is 2.42. The molecule has 0 aliphatic carbocycles. The number of benzene rings is 1. The molecule has 5 nitrogen and oxygen atoms in total. The molecule has 1 aromatic carbocycles. The van der Waals surface area contributed by atoms with E-state index in [2.05, 4.69) is 25.6 Å². The molecular weight excluding hydrogens is 380 g/mol. The van der Waals surface area contributed by atoms with E-state index in [0.717, 1.165) is 22.3 Å². The summed E-state index contributed by atoms with van der Waals surface area (Å²) in [7, 11) is -3.77. The minimum Gasteiger partial charge on any atom is -0.326 e. The molecule has 0 amide bonds. The van der Waals surface area contributed by atoms with Crippen LogP contribution in [-0.4, -0.2) is 13.4 Å². The van der Waals surface area contributed by atoms with Gasteiger partial charge in [-0.25, -0.2) is 13.1 Å². The molecule has 0 saturated heterocycles. The van der Waals surface area contributed by atoms with Gasteiger partial charge in [0.1, 0.15) is 5.02 Å². The Balaban J connectivity index is 2.26. The minimum atomic E-state index is -3.77.